The van der Waals surface area contributed by atoms with Crippen LogP contribution in [0.5, 0.6) is 5.75 Å². The molecule has 0 spiro atoms. The lowest BCUT2D eigenvalue weighted by Gasteiger charge is -2.35. The summed E-state index contributed by atoms with van der Waals surface area (Å²) in [6.07, 6.45) is 1.32. The van der Waals surface area contributed by atoms with E-state index >= 15 is 0 Å². The highest BCUT2D eigenvalue weighted by atomic mass is 79.9. The molecule has 1 aromatic rings. The molecule has 0 aromatic heterocycles. The molecule has 1 aliphatic rings. The van der Waals surface area contributed by atoms with Crippen LogP contribution in [-0.4, -0.2) is 23.1 Å². The third kappa shape index (κ3) is 3.46. The Morgan fingerprint density at radius 2 is 1.94 bits per heavy atom. The second kappa shape index (κ2) is 5.40. The lowest BCUT2D eigenvalue weighted by atomic mass is 9.91. The molecule has 1 fully saturated rings. The number of phenols is 1. The zero-order valence-electron chi connectivity index (χ0n) is 10.5. The van der Waals surface area contributed by atoms with Gasteiger partial charge in [-0.15, -0.1) is 0 Å². The zero-order valence-corrected chi connectivity index (χ0v) is 12.1. The maximum absolute atomic E-state index is 9.85. The molecule has 2 nitrogen and oxygen atoms in total. The number of likely N-dealkylation sites (tertiary alicyclic amines) is 1. The van der Waals surface area contributed by atoms with E-state index in [0.717, 1.165) is 41.5 Å². The van der Waals surface area contributed by atoms with E-state index in [1.165, 1.54) is 6.42 Å². The molecule has 0 radical (unpaired) electrons. The first-order valence-corrected chi connectivity index (χ1v) is 7.03. The number of benzene rings is 1. The number of halogens is 1. The third-order valence-electron chi connectivity index (χ3n) is 3.38. The van der Waals surface area contributed by atoms with Crippen LogP contribution in [0.2, 0.25) is 0 Å². The largest absolute Gasteiger partial charge is 0.508 e. The van der Waals surface area contributed by atoms with Gasteiger partial charge in [-0.3, -0.25) is 4.90 Å². The van der Waals surface area contributed by atoms with Crippen molar-refractivity contribution in [2.24, 2.45) is 11.8 Å². The first-order chi connectivity index (χ1) is 8.04. The monoisotopic (exact) mass is 297 g/mol. The highest BCUT2D eigenvalue weighted by Gasteiger charge is 2.22. The van der Waals surface area contributed by atoms with Gasteiger partial charge in [0.15, 0.2) is 0 Å². The van der Waals surface area contributed by atoms with Gasteiger partial charge in [-0.2, -0.15) is 0 Å². The molecule has 1 N–H and O–H groups in total. The van der Waals surface area contributed by atoms with Gasteiger partial charge in [0.2, 0.25) is 0 Å². The van der Waals surface area contributed by atoms with Gasteiger partial charge in [-0.1, -0.05) is 29.8 Å². The number of rotatable bonds is 2. The predicted octanol–water partition coefficient (Wildman–Crippen LogP) is 3.63. The van der Waals surface area contributed by atoms with Gasteiger partial charge in [-0.05, 0) is 36.5 Å². The Labute approximate surface area is 112 Å². The topological polar surface area (TPSA) is 23.5 Å². The van der Waals surface area contributed by atoms with E-state index in [0.29, 0.717) is 5.75 Å². The van der Waals surface area contributed by atoms with Crippen molar-refractivity contribution < 1.29 is 5.11 Å². The fraction of sp³-hybridized carbons (Fsp3) is 0.571. The van der Waals surface area contributed by atoms with E-state index in [-0.39, 0.29) is 0 Å². The number of hydrogen-bond donors (Lipinski definition) is 1. The average Bonchev–Trinajstić information content (AvgIpc) is 2.22. The molecular weight excluding hydrogens is 278 g/mol. The molecule has 0 aliphatic carbocycles. The molecule has 3 heteroatoms. The first kappa shape index (κ1) is 12.9. The van der Waals surface area contributed by atoms with Crippen LogP contribution >= 0.6 is 15.9 Å². The Balaban J connectivity index is 2.07. The van der Waals surface area contributed by atoms with Gasteiger partial charge in [0, 0.05) is 29.7 Å². The van der Waals surface area contributed by atoms with E-state index in [1.807, 2.05) is 12.1 Å². The van der Waals surface area contributed by atoms with Gasteiger partial charge in [0.05, 0.1) is 0 Å². The molecule has 2 unspecified atom stereocenters. The summed E-state index contributed by atoms with van der Waals surface area (Å²) in [6.45, 7) is 7.74. The fourth-order valence-corrected chi connectivity index (χ4v) is 3.25. The summed E-state index contributed by atoms with van der Waals surface area (Å²) in [4.78, 5) is 2.44. The fourth-order valence-electron chi connectivity index (χ4n) is 2.84. The smallest absolute Gasteiger partial charge is 0.120 e. The van der Waals surface area contributed by atoms with E-state index in [9.17, 15) is 5.11 Å². The van der Waals surface area contributed by atoms with Gasteiger partial charge in [-0.25, -0.2) is 0 Å². The Hall–Kier alpha value is -0.540. The molecule has 1 saturated heterocycles. The highest BCUT2D eigenvalue weighted by Crippen LogP contribution is 2.27. The first-order valence-electron chi connectivity index (χ1n) is 6.24. The summed E-state index contributed by atoms with van der Waals surface area (Å²) in [5.74, 6) is 1.92. The van der Waals surface area contributed by atoms with Crippen LogP contribution in [0.3, 0.4) is 0 Å². The lowest BCUT2D eigenvalue weighted by Crippen LogP contribution is -2.38. The molecule has 17 heavy (non-hydrogen) atoms. The standard InChI is InChI=1S/C14H20BrNO/c1-10-5-11(2)8-16(7-10)9-12-6-13(15)3-4-14(12)17/h3-4,6,10-11,17H,5,7-9H2,1-2H3. The van der Waals surface area contributed by atoms with Gasteiger partial charge in [0.25, 0.3) is 0 Å². The average molecular weight is 298 g/mol. The number of hydrogen-bond acceptors (Lipinski definition) is 2. The van der Waals surface area contributed by atoms with Crippen molar-refractivity contribution in [3.63, 3.8) is 0 Å². The van der Waals surface area contributed by atoms with E-state index in [2.05, 4.69) is 34.7 Å². The molecule has 2 rings (SSSR count). The summed E-state index contributed by atoms with van der Waals surface area (Å²) in [5, 5.41) is 9.85. The lowest BCUT2D eigenvalue weighted by molar-refractivity contribution is 0.133. The van der Waals surface area contributed by atoms with Crippen molar-refractivity contribution in [3.8, 4) is 5.75 Å². The maximum atomic E-state index is 9.85. The van der Waals surface area contributed by atoms with Gasteiger partial charge >= 0.3 is 0 Å². The number of phenolic OH excluding ortho intramolecular Hbond substituents is 1. The van der Waals surface area contributed by atoms with Gasteiger partial charge in [0.1, 0.15) is 5.75 Å². The Bertz CT molecular complexity index is 384. The molecule has 1 aliphatic heterocycles. The van der Waals surface area contributed by atoms with Crippen LogP contribution in [0.25, 0.3) is 0 Å². The SMILES string of the molecule is CC1CC(C)CN(Cc2cc(Br)ccc2O)C1. The van der Waals surface area contributed by atoms with Crippen molar-refractivity contribution in [3.05, 3.63) is 28.2 Å². The van der Waals surface area contributed by atoms with Crippen molar-refractivity contribution in [1.29, 1.82) is 0 Å². The van der Waals surface area contributed by atoms with E-state index in [1.54, 1.807) is 6.07 Å². The van der Waals surface area contributed by atoms with Crippen molar-refractivity contribution in [2.75, 3.05) is 13.1 Å². The summed E-state index contributed by atoms with van der Waals surface area (Å²) in [7, 11) is 0. The number of nitrogens with zero attached hydrogens (tertiary/aromatic N) is 1. The Kier molecular flexibility index (Phi) is 4.10. The summed E-state index contributed by atoms with van der Waals surface area (Å²) < 4.78 is 1.03. The molecule has 0 bridgehead atoms. The van der Waals surface area contributed by atoms with Crippen molar-refractivity contribution in [2.45, 2.75) is 26.8 Å². The van der Waals surface area contributed by atoms with Crippen LogP contribution in [0.15, 0.2) is 22.7 Å². The summed E-state index contributed by atoms with van der Waals surface area (Å²) in [6, 6.07) is 5.65. The minimum atomic E-state index is 0.402. The van der Waals surface area contributed by atoms with E-state index < -0.39 is 0 Å². The molecule has 1 heterocycles. The molecule has 1 aromatic carbocycles. The third-order valence-corrected chi connectivity index (χ3v) is 3.87. The van der Waals surface area contributed by atoms with Crippen LogP contribution in [-0.2, 0) is 6.54 Å². The van der Waals surface area contributed by atoms with E-state index in [4.69, 9.17) is 0 Å². The van der Waals surface area contributed by atoms with Crippen LogP contribution in [0, 0.1) is 11.8 Å². The second-order valence-electron chi connectivity index (χ2n) is 5.41. The zero-order chi connectivity index (χ0) is 12.4. The maximum Gasteiger partial charge on any atom is 0.120 e. The second-order valence-corrected chi connectivity index (χ2v) is 6.33. The molecular formula is C14H20BrNO. The predicted molar refractivity (Wildman–Crippen MR) is 74.0 cm³/mol. The normalized spacial score (nSPS) is 26.1. The summed E-state index contributed by atoms with van der Waals surface area (Å²) >= 11 is 3.46. The van der Waals surface area contributed by atoms with Gasteiger partial charge < -0.3 is 5.11 Å². The Morgan fingerprint density at radius 3 is 2.59 bits per heavy atom. The quantitative estimate of drug-likeness (QED) is 0.901. The van der Waals surface area contributed by atoms with Crippen LogP contribution in [0.1, 0.15) is 25.8 Å². The molecule has 94 valence electrons. The van der Waals surface area contributed by atoms with Crippen molar-refractivity contribution in [1.82, 2.24) is 4.90 Å². The highest BCUT2D eigenvalue weighted by molar-refractivity contribution is 9.10. The van der Waals surface area contributed by atoms with Crippen LogP contribution in [0.4, 0.5) is 0 Å². The number of aromatic hydroxyl groups is 1. The molecule has 0 amide bonds. The molecule has 2 atom stereocenters. The van der Waals surface area contributed by atoms with Crippen LogP contribution < -0.4 is 0 Å². The minimum absolute atomic E-state index is 0.402. The Morgan fingerprint density at radius 1 is 1.29 bits per heavy atom. The van der Waals surface area contributed by atoms with Crippen molar-refractivity contribution >= 4 is 15.9 Å². The number of piperidine rings is 1. The summed E-state index contributed by atoms with van der Waals surface area (Å²) in [5.41, 5.74) is 1.01. The minimum Gasteiger partial charge on any atom is -0.508 e. The molecule has 0 saturated carbocycles.